The van der Waals surface area contributed by atoms with Gasteiger partial charge in [-0.2, -0.15) is 5.10 Å². The number of aryl methyl sites for hydroxylation is 2. The predicted octanol–water partition coefficient (Wildman–Crippen LogP) is 4.96. The molecule has 0 aliphatic carbocycles. The summed E-state index contributed by atoms with van der Waals surface area (Å²) in [7, 11) is 4.10. The summed E-state index contributed by atoms with van der Waals surface area (Å²) in [6.07, 6.45) is 4.86. The minimum Gasteiger partial charge on any atom is -0.299 e. The van der Waals surface area contributed by atoms with E-state index in [2.05, 4.69) is 28.1 Å². The van der Waals surface area contributed by atoms with Crippen LogP contribution in [-0.4, -0.2) is 45.8 Å². The van der Waals surface area contributed by atoms with Gasteiger partial charge in [0.25, 0.3) is 0 Å². The molecule has 1 unspecified atom stereocenters. The van der Waals surface area contributed by atoms with Crippen molar-refractivity contribution in [1.82, 2.24) is 19.6 Å². The van der Waals surface area contributed by atoms with Gasteiger partial charge < -0.3 is 0 Å². The van der Waals surface area contributed by atoms with Crippen LogP contribution in [0.25, 0.3) is 0 Å². The number of halogens is 2. The zero-order valence-corrected chi connectivity index (χ0v) is 19.8. The number of aromatic nitrogens is 2. The summed E-state index contributed by atoms with van der Waals surface area (Å²) in [5.41, 5.74) is 4.04. The molecule has 4 nitrogen and oxygen atoms in total. The van der Waals surface area contributed by atoms with E-state index in [4.69, 9.17) is 0 Å². The maximum absolute atomic E-state index is 14.5. The molecule has 1 aromatic heterocycles. The molecule has 1 saturated heterocycles. The monoisotopic (exact) mass is 452 g/mol. The molecule has 0 bridgehead atoms. The first-order valence-electron chi connectivity index (χ1n) is 11.8. The van der Waals surface area contributed by atoms with Gasteiger partial charge in [0.2, 0.25) is 0 Å². The van der Waals surface area contributed by atoms with E-state index in [0.29, 0.717) is 12.3 Å². The molecular weight excluding hydrogens is 418 g/mol. The second kappa shape index (κ2) is 10.6. The Balaban J connectivity index is 1.46. The van der Waals surface area contributed by atoms with Crippen LogP contribution >= 0.6 is 0 Å². The molecular formula is C27H34F2N4. The Kier molecular flexibility index (Phi) is 7.56. The number of hydrogen-bond donors (Lipinski definition) is 0. The molecule has 0 amide bonds. The second-order valence-electron chi connectivity index (χ2n) is 9.43. The highest BCUT2D eigenvalue weighted by Crippen LogP contribution is 2.29. The Hall–Kier alpha value is -2.57. The third-order valence-electron chi connectivity index (χ3n) is 6.96. The molecule has 0 N–H and O–H groups in total. The van der Waals surface area contributed by atoms with Crippen molar-refractivity contribution in [3.8, 4) is 0 Å². The minimum atomic E-state index is -0.181. The number of likely N-dealkylation sites (tertiary alicyclic amines) is 1. The van der Waals surface area contributed by atoms with Crippen molar-refractivity contribution in [3.05, 3.63) is 88.7 Å². The largest absolute Gasteiger partial charge is 0.299 e. The van der Waals surface area contributed by atoms with Crippen molar-refractivity contribution >= 4 is 0 Å². The van der Waals surface area contributed by atoms with E-state index in [1.807, 2.05) is 36.9 Å². The fourth-order valence-electron chi connectivity index (χ4n) is 5.15. The fourth-order valence-corrected chi connectivity index (χ4v) is 5.15. The molecule has 0 radical (unpaired) electrons. The minimum absolute atomic E-state index is 0.128. The Morgan fingerprint density at radius 2 is 1.82 bits per heavy atom. The van der Waals surface area contributed by atoms with Crippen LogP contribution < -0.4 is 0 Å². The summed E-state index contributed by atoms with van der Waals surface area (Å²) in [4.78, 5) is 4.78. The number of nitrogens with zero attached hydrogens (tertiary/aromatic N) is 4. The molecule has 33 heavy (non-hydrogen) atoms. The van der Waals surface area contributed by atoms with Crippen LogP contribution in [0.3, 0.4) is 0 Å². The third-order valence-corrected chi connectivity index (χ3v) is 6.96. The number of likely N-dealkylation sites (N-methyl/N-ethyl adjacent to an activating group) is 1. The van der Waals surface area contributed by atoms with E-state index in [1.165, 1.54) is 11.6 Å². The SMILES string of the molecule is Cc1nn(C)cc1CN(C)C(Cc1ccccc1F)C1CCN(Cc2cccc(F)c2)CC1. The lowest BCUT2D eigenvalue weighted by Gasteiger charge is -2.40. The Morgan fingerprint density at radius 3 is 2.48 bits per heavy atom. The van der Waals surface area contributed by atoms with Crippen molar-refractivity contribution in [2.75, 3.05) is 20.1 Å². The lowest BCUT2D eigenvalue weighted by Crippen LogP contribution is -2.45. The lowest BCUT2D eigenvalue weighted by atomic mass is 9.84. The molecule has 1 atom stereocenters. The van der Waals surface area contributed by atoms with Gasteiger partial charge >= 0.3 is 0 Å². The smallest absolute Gasteiger partial charge is 0.126 e. The highest BCUT2D eigenvalue weighted by molar-refractivity contribution is 5.20. The highest BCUT2D eigenvalue weighted by atomic mass is 19.1. The number of piperidine rings is 1. The zero-order chi connectivity index (χ0) is 23.4. The van der Waals surface area contributed by atoms with Crippen LogP contribution in [0.15, 0.2) is 54.7 Å². The molecule has 1 fully saturated rings. The summed E-state index contributed by atoms with van der Waals surface area (Å²) in [6.45, 7) is 5.54. The van der Waals surface area contributed by atoms with Gasteiger partial charge in [0.1, 0.15) is 11.6 Å². The highest BCUT2D eigenvalue weighted by Gasteiger charge is 2.30. The van der Waals surface area contributed by atoms with E-state index in [-0.39, 0.29) is 17.7 Å². The molecule has 0 saturated carbocycles. The topological polar surface area (TPSA) is 24.3 Å². The average Bonchev–Trinajstić information content (AvgIpc) is 3.10. The van der Waals surface area contributed by atoms with E-state index < -0.39 is 0 Å². The standard InChI is InChI=1S/C27H34F2N4/c1-20-24(19-32(3)30-20)18-31(2)27(16-23-8-4-5-10-26(23)29)22-11-13-33(14-12-22)17-21-7-6-9-25(28)15-21/h4-10,15,19,22,27H,11-14,16-18H2,1-3H3. The van der Waals surface area contributed by atoms with Crippen LogP contribution in [0.4, 0.5) is 8.78 Å². The van der Waals surface area contributed by atoms with Crippen molar-refractivity contribution in [2.45, 2.75) is 45.3 Å². The molecule has 1 aliphatic heterocycles. The maximum Gasteiger partial charge on any atom is 0.126 e. The van der Waals surface area contributed by atoms with E-state index >= 15 is 0 Å². The molecule has 0 spiro atoms. The predicted molar refractivity (Wildman–Crippen MR) is 128 cm³/mol. The van der Waals surface area contributed by atoms with Crippen molar-refractivity contribution < 1.29 is 8.78 Å². The first-order valence-corrected chi connectivity index (χ1v) is 11.8. The van der Waals surface area contributed by atoms with Gasteiger partial charge in [-0.1, -0.05) is 30.3 Å². The van der Waals surface area contributed by atoms with Gasteiger partial charge in [0, 0.05) is 37.9 Å². The van der Waals surface area contributed by atoms with Crippen LogP contribution in [0, 0.1) is 24.5 Å². The molecule has 176 valence electrons. The molecule has 3 aromatic rings. The van der Waals surface area contributed by atoms with Crippen molar-refractivity contribution in [3.63, 3.8) is 0 Å². The number of rotatable bonds is 8. The number of hydrogen-bond acceptors (Lipinski definition) is 3. The van der Waals surface area contributed by atoms with Crippen LogP contribution in [-0.2, 0) is 26.6 Å². The van der Waals surface area contributed by atoms with Gasteiger partial charge in [-0.3, -0.25) is 14.5 Å². The molecule has 4 rings (SSSR count). The summed E-state index contributed by atoms with van der Waals surface area (Å²) in [5.74, 6) is 0.159. The van der Waals surface area contributed by atoms with E-state index in [0.717, 1.165) is 55.8 Å². The normalized spacial score (nSPS) is 16.4. The van der Waals surface area contributed by atoms with Crippen LogP contribution in [0.1, 0.15) is 35.2 Å². The Morgan fingerprint density at radius 1 is 1.06 bits per heavy atom. The molecule has 1 aliphatic rings. The van der Waals surface area contributed by atoms with Gasteiger partial charge in [-0.05, 0) is 81.6 Å². The van der Waals surface area contributed by atoms with Crippen LogP contribution in [0.5, 0.6) is 0 Å². The first kappa shape index (κ1) is 23.6. The van der Waals surface area contributed by atoms with Crippen molar-refractivity contribution in [1.29, 1.82) is 0 Å². The quantitative estimate of drug-likeness (QED) is 0.483. The van der Waals surface area contributed by atoms with E-state index in [1.54, 1.807) is 24.3 Å². The summed E-state index contributed by atoms with van der Waals surface area (Å²) in [5, 5.41) is 4.49. The molecule has 6 heteroatoms. The zero-order valence-electron chi connectivity index (χ0n) is 19.8. The third kappa shape index (κ3) is 6.06. The van der Waals surface area contributed by atoms with E-state index in [9.17, 15) is 8.78 Å². The first-order chi connectivity index (χ1) is 15.9. The average molecular weight is 453 g/mol. The van der Waals surface area contributed by atoms with Gasteiger partial charge in [0.05, 0.1) is 5.69 Å². The Labute approximate surface area is 195 Å². The molecule has 2 heterocycles. The summed E-state index contributed by atoms with van der Waals surface area (Å²) >= 11 is 0. The lowest BCUT2D eigenvalue weighted by molar-refractivity contribution is 0.0948. The fraction of sp³-hybridized carbons (Fsp3) is 0.444. The second-order valence-corrected chi connectivity index (χ2v) is 9.43. The van der Waals surface area contributed by atoms with Crippen LogP contribution in [0.2, 0.25) is 0 Å². The van der Waals surface area contributed by atoms with Gasteiger partial charge in [-0.15, -0.1) is 0 Å². The maximum atomic E-state index is 14.5. The Bertz CT molecular complexity index is 1060. The summed E-state index contributed by atoms with van der Waals surface area (Å²) < 4.78 is 30.0. The summed E-state index contributed by atoms with van der Waals surface area (Å²) in [6, 6.07) is 14.2. The van der Waals surface area contributed by atoms with Gasteiger partial charge in [-0.25, -0.2) is 8.78 Å². The van der Waals surface area contributed by atoms with Crippen molar-refractivity contribution in [2.24, 2.45) is 13.0 Å². The molecule has 2 aromatic carbocycles. The number of benzene rings is 2. The van der Waals surface area contributed by atoms with Gasteiger partial charge in [0.15, 0.2) is 0 Å².